The van der Waals surface area contributed by atoms with E-state index in [1.54, 1.807) is 12.5 Å². The maximum absolute atomic E-state index is 11.1. The first kappa shape index (κ1) is 24.8. The number of hydrogen-bond donors (Lipinski definition) is 2. The van der Waals surface area contributed by atoms with Crippen molar-refractivity contribution in [2.45, 2.75) is 99.5 Å². The van der Waals surface area contributed by atoms with E-state index in [4.69, 9.17) is 5.11 Å². The zero-order chi connectivity index (χ0) is 24.4. The molecule has 0 spiro atoms. The van der Waals surface area contributed by atoms with Crippen LogP contribution >= 0.6 is 0 Å². The highest BCUT2D eigenvalue weighted by atomic mass is 16.4. The second kappa shape index (κ2) is 8.11. The Morgan fingerprint density at radius 1 is 1.18 bits per heavy atom. The minimum atomic E-state index is -0.801. The lowest BCUT2D eigenvalue weighted by Crippen LogP contribution is -2.56. The van der Waals surface area contributed by atoms with Gasteiger partial charge in [-0.3, -0.25) is 0 Å². The van der Waals surface area contributed by atoms with Crippen molar-refractivity contribution in [3.63, 3.8) is 0 Å². The third-order valence-electron chi connectivity index (χ3n) is 11.5. The summed E-state index contributed by atoms with van der Waals surface area (Å²) in [5, 5.41) is 19.9. The lowest BCUT2D eigenvalue weighted by Gasteiger charge is -2.62. The Morgan fingerprint density at radius 3 is 2.55 bits per heavy atom. The maximum Gasteiger partial charge on any atom is 0.330 e. The normalized spacial score (nSPS) is 45.0. The number of carboxylic acids is 1. The van der Waals surface area contributed by atoms with Crippen LogP contribution in [-0.2, 0) is 4.79 Å². The molecule has 2 N–H and O–H groups in total. The number of aliphatic hydroxyl groups excluding tert-OH is 1. The summed E-state index contributed by atoms with van der Waals surface area (Å²) in [5.74, 6) is 1.54. The molecule has 3 unspecified atom stereocenters. The molecule has 2 saturated carbocycles. The molecule has 184 valence electrons. The first-order valence-corrected chi connectivity index (χ1v) is 13.3. The van der Waals surface area contributed by atoms with Gasteiger partial charge in [-0.15, -0.1) is 0 Å². The van der Waals surface area contributed by atoms with Crippen molar-refractivity contribution < 1.29 is 15.0 Å². The molecule has 0 aromatic rings. The van der Waals surface area contributed by atoms with Gasteiger partial charge in [0.05, 0.1) is 6.10 Å². The molecule has 4 rings (SSSR count). The smallest absolute Gasteiger partial charge is 0.330 e. The molecule has 8 atom stereocenters. The van der Waals surface area contributed by atoms with Crippen LogP contribution in [0.3, 0.4) is 0 Å². The number of rotatable bonds is 5. The summed E-state index contributed by atoms with van der Waals surface area (Å²) in [4.78, 5) is 11.1. The summed E-state index contributed by atoms with van der Waals surface area (Å²) >= 11 is 0. The van der Waals surface area contributed by atoms with E-state index in [9.17, 15) is 9.90 Å². The quantitative estimate of drug-likeness (QED) is 0.342. The van der Waals surface area contributed by atoms with Gasteiger partial charge in [0.1, 0.15) is 0 Å². The third-order valence-corrected chi connectivity index (χ3v) is 11.5. The molecule has 2 fully saturated rings. The summed E-state index contributed by atoms with van der Waals surface area (Å²) in [6.45, 7) is 16.2. The van der Waals surface area contributed by atoms with E-state index < -0.39 is 5.97 Å². The Hall–Kier alpha value is -1.35. The fourth-order valence-corrected chi connectivity index (χ4v) is 8.99. The molecular weight excluding hydrogens is 408 g/mol. The van der Waals surface area contributed by atoms with Crippen molar-refractivity contribution in [3.8, 4) is 0 Å². The van der Waals surface area contributed by atoms with Crippen molar-refractivity contribution in [1.29, 1.82) is 0 Å². The summed E-state index contributed by atoms with van der Waals surface area (Å²) in [6, 6.07) is 0. The molecule has 3 nitrogen and oxygen atoms in total. The van der Waals surface area contributed by atoms with E-state index in [2.05, 4.69) is 59.8 Å². The number of hydrogen-bond acceptors (Lipinski definition) is 2. The van der Waals surface area contributed by atoms with E-state index in [1.807, 2.05) is 6.08 Å². The molecule has 4 aliphatic rings. The van der Waals surface area contributed by atoms with Crippen LogP contribution in [0.2, 0.25) is 0 Å². The minimum absolute atomic E-state index is 0.0957. The van der Waals surface area contributed by atoms with Crippen molar-refractivity contribution >= 4 is 5.97 Å². The highest BCUT2D eigenvalue weighted by molar-refractivity contribution is 5.85. The summed E-state index contributed by atoms with van der Waals surface area (Å²) in [5.41, 5.74) is 2.75. The molecule has 0 aromatic heterocycles. The Kier molecular flexibility index (Phi) is 6.08. The zero-order valence-corrected chi connectivity index (χ0v) is 21.9. The number of fused-ring (bicyclic) bond motifs is 5. The van der Waals surface area contributed by atoms with Crippen molar-refractivity contribution in [1.82, 2.24) is 0 Å². The van der Waals surface area contributed by atoms with Gasteiger partial charge in [-0.25, -0.2) is 4.79 Å². The fraction of sp³-hybridized carbons (Fsp3) is 0.767. The minimum Gasteiger partial charge on any atom is -0.478 e. The molecule has 0 heterocycles. The molecule has 0 aliphatic heterocycles. The summed E-state index contributed by atoms with van der Waals surface area (Å²) < 4.78 is 0. The van der Waals surface area contributed by atoms with Crippen molar-refractivity contribution in [3.05, 3.63) is 35.5 Å². The Bertz CT molecular complexity index is 894. The van der Waals surface area contributed by atoms with Gasteiger partial charge in [-0.2, -0.15) is 0 Å². The molecule has 0 saturated heterocycles. The van der Waals surface area contributed by atoms with Gasteiger partial charge in [0.15, 0.2) is 0 Å². The van der Waals surface area contributed by atoms with E-state index in [0.717, 1.165) is 19.3 Å². The Labute approximate surface area is 201 Å². The van der Waals surface area contributed by atoms with Gasteiger partial charge in [0.2, 0.25) is 0 Å². The van der Waals surface area contributed by atoms with Crippen molar-refractivity contribution in [2.24, 2.45) is 45.3 Å². The molecule has 0 aromatic carbocycles. The van der Waals surface area contributed by atoms with Gasteiger partial charge < -0.3 is 10.2 Å². The van der Waals surface area contributed by atoms with E-state index in [-0.39, 0.29) is 22.3 Å². The molecular formula is C30H46O3. The monoisotopic (exact) mass is 454 g/mol. The summed E-state index contributed by atoms with van der Waals surface area (Å²) in [6.07, 6.45) is 16.7. The second-order valence-electron chi connectivity index (χ2n) is 13.2. The van der Waals surface area contributed by atoms with Crippen LogP contribution in [0, 0.1) is 45.3 Å². The predicted molar refractivity (Wildman–Crippen MR) is 135 cm³/mol. The molecule has 33 heavy (non-hydrogen) atoms. The van der Waals surface area contributed by atoms with Crippen LogP contribution in [0.4, 0.5) is 0 Å². The Morgan fingerprint density at radius 2 is 1.88 bits per heavy atom. The number of carboxylic acid groups (broad SMARTS) is 1. The average Bonchev–Trinajstić information content (AvgIpc) is 3.02. The van der Waals surface area contributed by atoms with Crippen LogP contribution in [0.25, 0.3) is 0 Å². The zero-order valence-electron chi connectivity index (χ0n) is 21.9. The lowest BCUT2D eigenvalue weighted by molar-refractivity contribution is -0.132. The first-order chi connectivity index (χ1) is 15.3. The van der Waals surface area contributed by atoms with Gasteiger partial charge in [-0.05, 0) is 97.2 Å². The number of aliphatic hydroxyl groups is 1. The number of carbonyl (C=O) groups is 1. The van der Waals surface area contributed by atoms with Crippen LogP contribution < -0.4 is 0 Å². The summed E-state index contributed by atoms with van der Waals surface area (Å²) in [7, 11) is 0. The van der Waals surface area contributed by atoms with Gasteiger partial charge in [-0.1, -0.05) is 71.4 Å². The maximum atomic E-state index is 11.1. The lowest BCUT2D eigenvalue weighted by atomic mass is 9.42. The third kappa shape index (κ3) is 3.51. The van der Waals surface area contributed by atoms with Gasteiger partial charge in [0.25, 0.3) is 0 Å². The number of allylic oxidation sites excluding steroid dienone is 4. The average molecular weight is 455 g/mol. The van der Waals surface area contributed by atoms with Crippen LogP contribution in [0.15, 0.2) is 35.5 Å². The molecule has 0 bridgehead atoms. The van der Waals surface area contributed by atoms with E-state index >= 15 is 0 Å². The van der Waals surface area contributed by atoms with E-state index in [0.29, 0.717) is 34.7 Å². The van der Waals surface area contributed by atoms with Crippen LogP contribution in [-0.4, -0.2) is 22.3 Å². The van der Waals surface area contributed by atoms with E-state index in [1.165, 1.54) is 25.7 Å². The predicted octanol–water partition coefficient (Wildman–Crippen LogP) is 7.18. The highest BCUT2D eigenvalue weighted by Gasteiger charge is 2.64. The molecule has 3 heteroatoms. The Balaban J connectivity index is 1.59. The molecule has 0 amide bonds. The highest BCUT2D eigenvalue weighted by Crippen LogP contribution is 2.72. The number of aliphatic carboxylic acids is 1. The van der Waals surface area contributed by atoms with Crippen molar-refractivity contribution in [2.75, 3.05) is 0 Å². The fourth-order valence-electron chi connectivity index (χ4n) is 8.99. The van der Waals surface area contributed by atoms with Crippen LogP contribution in [0.1, 0.15) is 93.4 Å². The molecule has 4 aliphatic carbocycles. The first-order valence-electron chi connectivity index (χ1n) is 13.3. The second-order valence-corrected chi connectivity index (χ2v) is 13.2. The van der Waals surface area contributed by atoms with Gasteiger partial charge in [0, 0.05) is 5.57 Å². The standard InChI is InChI=1S/C30H46O3/c1-19(9-8-10-20(2)26(32)33)21-13-17-30(7)23-11-12-24-27(3,4)25(31)15-16-28(24,5)22(23)14-18-29(21,30)6/h10-11,15-16,19,21-22,24-25,31H,8-9,12-14,17-18H2,1-7H3,(H,32,33)/b20-10-/t19?,21-,22?,24?,25-,28+,29-,30+/m0/s1. The van der Waals surface area contributed by atoms with Gasteiger partial charge >= 0.3 is 5.97 Å². The molecule has 0 radical (unpaired) electrons. The van der Waals surface area contributed by atoms with Crippen LogP contribution in [0.5, 0.6) is 0 Å². The topological polar surface area (TPSA) is 57.5 Å². The largest absolute Gasteiger partial charge is 0.478 e. The SMILES string of the molecule is C/C(=C/CCC(C)[C@@H]1CC[C@]2(C)C3=CCC4C(C)(C)[C@@H](O)C=C[C@]4(C)C3CC[C@@]12C)C(=O)O.